The van der Waals surface area contributed by atoms with Crippen LogP contribution in [0.3, 0.4) is 0 Å². The molecule has 1 fully saturated rings. The first-order valence-corrected chi connectivity index (χ1v) is 15.9. The van der Waals surface area contributed by atoms with Crippen LogP contribution >= 0.6 is 11.6 Å². The zero-order chi connectivity index (χ0) is 32.0. The highest BCUT2D eigenvalue weighted by Gasteiger charge is 2.37. The van der Waals surface area contributed by atoms with Gasteiger partial charge in [-0.1, -0.05) is 37.6 Å². The van der Waals surface area contributed by atoms with E-state index in [9.17, 15) is 14.4 Å². The molecule has 2 aliphatic heterocycles. The molecule has 2 aromatic carbocycles. The lowest BCUT2D eigenvalue weighted by molar-refractivity contribution is -0.124. The molecule has 3 heterocycles. The van der Waals surface area contributed by atoms with Crippen LogP contribution < -0.4 is 15.4 Å². The van der Waals surface area contributed by atoms with E-state index < -0.39 is 11.9 Å². The molecule has 0 bridgehead atoms. The van der Waals surface area contributed by atoms with Gasteiger partial charge in [0.2, 0.25) is 5.91 Å². The van der Waals surface area contributed by atoms with Crippen molar-refractivity contribution in [2.75, 3.05) is 40.0 Å². The lowest BCUT2D eigenvalue weighted by Gasteiger charge is -2.42. The molecule has 10 nitrogen and oxygen atoms in total. The minimum absolute atomic E-state index is 0.0226. The highest BCUT2D eigenvalue weighted by Crippen LogP contribution is 2.36. The SMILES string of the molecule is COCCn1cnc2cc(C(=O)N3CCC4(C/C=C/COc5ccc(Cl)cc5C(=O)N[C@@H](CC(C)C)C(=O)NC4)CC3)ccc21. The smallest absolute Gasteiger partial charge is 0.255 e. The van der Waals surface area contributed by atoms with Crippen molar-refractivity contribution >= 4 is 40.4 Å². The van der Waals surface area contributed by atoms with Crippen molar-refractivity contribution in [3.05, 3.63) is 71.0 Å². The second kappa shape index (κ2) is 14.5. The Morgan fingerprint density at radius 1 is 1.16 bits per heavy atom. The van der Waals surface area contributed by atoms with Crippen molar-refractivity contribution in [1.82, 2.24) is 25.1 Å². The fourth-order valence-corrected chi connectivity index (χ4v) is 6.24. The molecule has 0 unspecified atom stereocenters. The number of halogens is 1. The highest BCUT2D eigenvalue weighted by atomic mass is 35.5. The van der Waals surface area contributed by atoms with Crippen LogP contribution in [-0.2, 0) is 16.1 Å². The van der Waals surface area contributed by atoms with Gasteiger partial charge in [-0.3, -0.25) is 14.4 Å². The van der Waals surface area contributed by atoms with Gasteiger partial charge in [-0.15, -0.1) is 0 Å². The van der Waals surface area contributed by atoms with E-state index in [4.69, 9.17) is 21.1 Å². The zero-order valence-corrected chi connectivity index (χ0v) is 26.9. The summed E-state index contributed by atoms with van der Waals surface area (Å²) in [6, 6.07) is 9.85. The summed E-state index contributed by atoms with van der Waals surface area (Å²) in [4.78, 5) is 46.7. The first-order valence-electron chi connectivity index (χ1n) is 15.6. The minimum Gasteiger partial charge on any atom is -0.489 e. The van der Waals surface area contributed by atoms with Crippen LogP contribution in [0.2, 0.25) is 5.02 Å². The number of fused-ring (bicyclic) bond motifs is 2. The van der Waals surface area contributed by atoms with E-state index in [-0.39, 0.29) is 29.8 Å². The van der Waals surface area contributed by atoms with Crippen LogP contribution in [0.5, 0.6) is 5.75 Å². The molecule has 240 valence electrons. The maximum atomic E-state index is 13.5. The lowest BCUT2D eigenvalue weighted by atomic mass is 9.75. The van der Waals surface area contributed by atoms with Gasteiger partial charge in [0, 0.05) is 43.9 Å². The standard InChI is InChI=1S/C34H42ClN5O5/c1-23(2)18-28-32(42)36-21-34(10-4-5-16-45-30-9-7-25(35)20-26(30)31(41)38-28)11-13-39(14-12-34)33(43)24-6-8-29-27(19-24)37-22-40(29)15-17-44-3/h4-9,19-20,22-23,28H,10-18,21H2,1-3H3,(H,36,42)(H,38,41)/b5-4+/t28-/m0/s1. The van der Waals surface area contributed by atoms with Crippen molar-refractivity contribution in [1.29, 1.82) is 0 Å². The predicted molar refractivity (Wildman–Crippen MR) is 174 cm³/mol. The number of imidazole rings is 1. The number of piperidine rings is 1. The Morgan fingerprint density at radius 2 is 1.96 bits per heavy atom. The summed E-state index contributed by atoms with van der Waals surface area (Å²) in [7, 11) is 1.67. The number of methoxy groups -OCH3 is 1. The Labute approximate surface area is 269 Å². The van der Waals surface area contributed by atoms with Crippen LogP contribution in [0, 0.1) is 11.3 Å². The number of aromatic nitrogens is 2. The van der Waals surface area contributed by atoms with Crippen molar-refractivity contribution in [2.24, 2.45) is 11.3 Å². The fourth-order valence-electron chi connectivity index (χ4n) is 6.07. The lowest BCUT2D eigenvalue weighted by Crippen LogP contribution is -2.52. The number of benzene rings is 2. The van der Waals surface area contributed by atoms with Gasteiger partial charge in [0.1, 0.15) is 18.4 Å². The molecule has 3 amide bonds. The van der Waals surface area contributed by atoms with Crippen LogP contribution in [0.1, 0.15) is 60.2 Å². The molecule has 2 N–H and O–H groups in total. The van der Waals surface area contributed by atoms with E-state index in [0.29, 0.717) is 61.1 Å². The van der Waals surface area contributed by atoms with Crippen LogP contribution in [-0.4, -0.2) is 78.2 Å². The molecule has 0 radical (unpaired) electrons. The Kier molecular flexibility index (Phi) is 10.5. The van der Waals surface area contributed by atoms with Gasteiger partial charge >= 0.3 is 0 Å². The van der Waals surface area contributed by atoms with E-state index in [2.05, 4.69) is 21.7 Å². The molecule has 1 atom stereocenters. The summed E-state index contributed by atoms with van der Waals surface area (Å²) in [5.74, 6) is -0.0664. The number of hydrogen-bond donors (Lipinski definition) is 2. The molecule has 45 heavy (non-hydrogen) atoms. The second-order valence-corrected chi connectivity index (χ2v) is 12.9. The van der Waals surface area contributed by atoms with Crippen LogP contribution in [0.25, 0.3) is 11.0 Å². The van der Waals surface area contributed by atoms with Gasteiger partial charge in [-0.05, 0) is 73.4 Å². The highest BCUT2D eigenvalue weighted by molar-refractivity contribution is 6.31. The van der Waals surface area contributed by atoms with Gasteiger partial charge < -0.3 is 29.6 Å². The van der Waals surface area contributed by atoms with E-state index in [1.54, 1.807) is 31.6 Å². The number of allylic oxidation sites excluding steroid dienone is 1. The van der Waals surface area contributed by atoms with E-state index >= 15 is 0 Å². The molecular weight excluding hydrogens is 594 g/mol. The van der Waals surface area contributed by atoms with Gasteiger partial charge in [-0.25, -0.2) is 4.98 Å². The van der Waals surface area contributed by atoms with Crippen molar-refractivity contribution in [3.8, 4) is 5.75 Å². The summed E-state index contributed by atoms with van der Waals surface area (Å²) >= 11 is 6.19. The number of likely N-dealkylation sites (tertiary alicyclic amines) is 1. The third kappa shape index (κ3) is 7.86. The maximum Gasteiger partial charge on any atom is 0.255 e. The summed E-state index contributed by atoms with van der Waals surface area (Å²) < 4.78 is 13.2. The molecule has 1 spiro atoms. The fraction of sp³-hybridized carbons (Fsp3) is 0.471. The van der Waals surface area contributed by atoms with Gasteiger partial charge in [0.25, 0.3) is 11.8 Å². The number of carbonyl (C=O) groups is 3. The molecular formula is C34H42ClN5O5. The summed E-state index contributed by atoms with van der Waals surface area (Å²) in [5.41, 5.74) is 2.41. The van der Waals surface area contributed by atoms with E-state index in [1.807, 2.05) is 47.6 Å². The summed E-state index contributed by atoms with van der Waals surface area (Å²) in [6.45, 7) is 7.17. The van der Waals surface area contributed by atoms with Crippen molar-refractivity contribution in [2.45, 2.75) is 52.1 Å². The average Bonchev–Trinajstić information content (AvgIpc) is 3.44. The third-order valence-corrected chi connectivity index (χ3v) is 8.96. The Hall–Kier alpha value is -3.89. The van der Waals surface area contributed by atoms with Crippen molar-refractivity contribution < 1.29 is 23.9 Å². The Balaban J connectivity index is 1.30. The molecule has 3 aromatic rings. The number of nitrogens with zero attached hydrogens (tertiary/aromatic N) is 3. The predicted octanol–water partition coefficient (Wildman–Crippen LogP) is 4.86. The van der Waals surface area contributed by atoms with Gasteiger partial charge in [0.15, 0.2) is 0 Å². The molecule has 0 aliphatic carbocycles. The number of nitrogens with one attached hydrogen (secondary N) is 2. The Morgan fingerprint density at radius 3 is 2.71 bits per heavy atom. The monoisotopic (exact) mass is 635 g/mol. The zero-order valence-electron chi connectivity index (χ0n) is 26.2. The third-order valence-electron chi connectivity index (χ3n) is 8.72. The largest absolute Gasteiger partial charge is 0.489 e. The second-order valence-electron chi connectivity index (χ2n) is 12.4. The quantitative estimate of drug-likeness (QED) is 0.374. The first kappa shape index (κ1) is 32.5. The van der Waals surface area contributed by atoms with Gasteiger partial charge in [-0.2, -0.15) is 0 Å². The number of carbonyl (C=O) groups excluding carboxylic acids is 3. The molecule has 0 saturated carbocycles. The Bertz CT molecular complexity index is 1560. The van der Waals surface area contributed by atoms with Crippen LogP contribution in [0.15, 0.2) is 54.9 Å². The summed E-state index contributed by atoms with van der Waals surface area (Å²) in [5, 5.41) is 6.48. The average molecular weight is 636 g/mol. The number of amides is 3. The van der Waals surface area contributed by atoms with Crippen LogP contribution in [0.4, 0.5) is 0 Å². The molecule has 5 rings (SSSR count). The molecule has 11 heteroatoms. The number of hydrogen-bond acceptors (Lipinski definition) is 6. The molecule has 1 saturated heterocycles. The summed E-state index contributed by atoms with van der Waals surface area (Å²) in [6.07, 6.45) is 8.43. The minimum atomic E-state index is -0.713. The maximum absolute atomic E-state index is 13.5. The number of rotatable bonds is 6. The number of ether oxygens (including phenoxy) is 2. The topological polar surface area (TPSA) is 115 Å². The van der Waals surface area contributed by atoms with Crippen molar-refractivity contribution in [3.63, 3.8) is 0 Å². The molecule has 1 aromatic heterocycles. The molecule has 2 aliphatic rings. The van der Waals surface area contributed by atoms with Gasteiger partial charge in [0.05, 0.1) is 29.5 Å². The van der Waals surface area contributed by atoms with E-state index in [0.717, 1.165) is 30.3 Å². The first-order chi connectivity index (χ1) is 21.7. The van der Waals surface area contributed by atoms with E-state index in [1.165, 1.54) is 0 Å². The normalized spacial score (nSPS) is 19.8.